The van der Waals surface area contributed by atoms with E-state index in [0.717, 1.165) is 92.0 Å². The molecule has 4 aliphatic heterocycles. The van der Waals surface area contributed by atoms with Crippen molar-refractivity contribution in [2.24, 2.45) is 0 Å². The van der Waals surface area contributed by atoms with E-state index in [1.165, 1.54) is 58.6 Å². The highest BCUT2D eigenvalue weighted by atomic mass is 35.5. The number of esters is 2. The van der Waals surface area contributed by atoms with Crippen molar-refractivity contribution in [3.05, 3.63) is 126 Å². The lowest BCUT2D eigenvalue weighted by Crippen LogP contribution is -2.36. The Labute approximate surface area is 607 Å². The molecule has 16 nitrogen and oxygen atoms in total. The van der Waals surface area contributed by atoms with Gasteiger partial charge >= 0.3 is 30.2 Å². The molecule has 0 fully saturated rings. The van der Waals surface area contributed by atoms with E-state index in [2.05, 4.69) is 29.9 Å². The summed E-state index contributed by atoms with van der Waals surface area (Å²) in [6.45, 7) is 30.4. The van der Waals surface area contributed by atoms with Gasteiger partial charge in [-0.2, -0.15) is 0 Å². The molecule has 0 saturated carbocycles. The van der Waals surface area contributed by atoms with Crippen LogP contribution in [0.2, 0.25) is 0 Å². The number of nitrogens with one attached hydrogen (secondary N) is 1. The van der Waals surface area contributed by atoms with Crippen LogP contribution in [-0.4, -0.2) is 102 Å². The van der Waals surface area contributed by atoms with Gasteiger partial charge in [0.05, 0.1) is 35.9 Å². The van der Waals surface area contributed by atoms with Gasteiger partial charge in [0.15, 0.2) is 11.5 Å². The Morgan fingerprint density at radius 3 is 1.22 bits per heavy atom. The van der Waals surface area contributed by atoms with E-state index in [-0.39, 0.29) is 35.6 Å². The number of amides is 3. The summed E-state index contributed by atoms with van der Waals surface area (Å²) in [5.74, 6) is 3.67. The number of fused-ring (bicyclic) bond motifs is 12. The molecule has 9 aromatic rings. The molecule has 0 saturated heterocycles. The summed E-state index contributed by atoms with van der Waals surface area (Å²) < 4.78 is 37.6. The van der Waals surface area contributed by atoms with E-state index in [4.69, 9.17) is 74.8 Å². The third-order valence-corrected chi connectivity index (χ3v) is 22.6. The Morgan fingerprint density at radius 1 is 0.490 bits per heavy atom. The van der Waals surface area contributed by atoms with Gasteiger partial charge in [0.25, 0.3) is 0 Å². The Morgan fingerprint density at radius 2 is 0.837 bits per heavy atom. The van der Waals surface area contributed by atoms with Crippen molar-refractivity contribution in [3.63, 3.8) is 0 Å². The van der Waals surface area contributed by atoms with Crippen LogP contribution in [0.25, 0.3) is 40.3 Å². The van der Waals surface area contributed by atoms with Crippen LogP contribution < -0.4 is 34.2 Å². The average molecular weight is 1490 g/mol. The summed E-state index contributed by atoms with van der Waals surface area (Å²) in [5, 5.41) is 26.3. The minimum absolute atomic E-state index is 0.00126. The largest absolute Gasteiger partial charge is 0.506 e. The lowest BCUT2D eigenvalue weighted by atomic mass is 9.97. The fourth-order valence-electron chi connectivity index (χ4n) is 12.8. The number of aromatic hydroxyl groups is 1. The maximum Gasteiger partial charge on any atom is 0.414 e. The van der Waals surface area contributed by atoms with Crippen LogP contribution in [0.3, 0.4) is 0 Å². The van der Waals surface area contributed by atoms with Crippen LogP contribution in [-0.2, 0) is 30.4 Å². The number of carbonyl (C=O) groups excluding carboxylic acids is 5. The van der Waals surface area contributed by atoms with Crippen molar-refractivity contribution in [3.8, 4) is 23.0 Å². The van der Waals surface area contributed by atoms with E-state index in [1.54, 1.807) is 49.5 Å². The summed E-state index contributed by atoms with van der Waals surface area (Å²) in [6.07, 6.45) is -1.18. The number of nitrogens with zero attached hydrogens (tertiary/aromatic N) is 3. The smallest absolute Gasteiger partial charge is 0.414 e. The molecule has 522 valence electrons. The van der Waals surface area contributed by atoms with Crippen molar-refractivity contribution in [2.45, 2.75) is 151 Å². The number of ether oxygens (including phenoxy) is 6. The topological polar surface area (TPSA) is 183 Å². The lowest BCUT2D eigenvalue weighted by molar-refractivity contribution is -0.132. The number of phenolic OH excluding ortho intramolecular Hbond substituents is 1. The first-order valence-electron chi connectivity index (χ1n) is 32.1. The Balaban J connectivity index is 0.000000143. The fourth-order valence-corrected chi connectivity index (χ4v) is 17.8. The molecule has 4 atom stereocenters. The Hall–Kier alpha value is -6.75. The van der Waals surface area contributed by atoms with Gasteiger partial charge in [-0.1, -0.05) is 30.3 Å². The number of hydrogen-bond donors (Lipinski definition) is 2. The molecular formula is C74H82Cl4N4O12S4. The molecule has 5 aromatic carbocycles. The van der Waals surface area contributed by atoms with Gasteiger partial charge in [0.1, 0.15) is 34.9 Å². The molecule has 0 bridgehead atoms. The monoisotopic (exact) mass is 1490 g/mol. The van der Waals surface area contributed by atoms with Gasteiger partial charge in [-0.15, -0.1) is 91.8 Å². The van der Waals surface area contributed by atoms with Crippen LogP contribution in [0.1, 0.15) is 150 Å². The molecule has 3 amide bonds. The molecule has 8 heterocycles. The van der Waals surface area contributed by atoms with Gasteiger partial charge in [-0.25, -0.2) is 14.4 Å². The third kappa shape index (κ3) is 15.7. The third-order valence-electron chi connectivity index (χ3n) is 16.7. The first-order valence-corrected chi connectivity index (χ1v) is 37.8. The minimum atomic E-state index is -0.600. The number of rotatable bonds is 9. The maximum absolute atomic E-state index is 13.0. The summed E-state index contributed by atoms with van der Waals surface area (Å²) in [6, 6.07) is 17.4. The molecule has 4 aromatic heterocycles. The molecule has 24 heteroatoms. The minimum Gasteiger partial charge on any atom is -0.506 e. The second-order valence-electron chi connectivity index (χ2n) is 27.8. The summed E-state index contributed by atoms with van der Waals surface area (Å²) >= 11 is 31.1. The molecule has 13 rings (SSSR count). The van der Waals surface area contributed by atoms with E-state index in [0.29, 0.717) is 78.6 Å². The zero-order valence-corrected chi connectivity index (χ0v) is 63.9. The number of carbonyl (C=O) groups is 5. The van der Waals surface area contributed by atoms with Crippen LogP contribution in [0, 0.1) is 27.7 Å². The number of alkyl halides is 4. The second kappa shape index (κ2) is 29.8. The normalized spacial score (nSPS) is 16.8. The number of aryl methyl sites for hydroxylation is 4. The Kier molecular flexibility index (Phi) is 22.5. The number of halogens is 4. The van der Waals surface area contributed by atoms with Crippen molar-refractivity contribution < 1.29 is 57.5 Å². The van der Waals surface area contributed by atoms with Gasteiger partial charge in [0.2, 0.25) is 0 Å². The fraction of sp³-hybridized carbons (Fsp3) is 0.419. The van der Waals surface area contributed by atoms with E-state index < -0.39 is 35.0 Å². The summed E-state index contributed by atoms with van der Waals surface area (Å²) in [4.78, 5) is 65.9. The van der Waals surface area contributed by atoms with Gasteiger partial charge in [0, 0.05) is 139 Å². The van der Waals surface area contributed by atoms with Crippen LogP contribution in [0.4, 0.5) is 37.1 Å². The zero-order chi connectivity index (χ0) is 71.2. The van der Waals surface area contributed by atoms with Gasteiger partial charge in [-0.05, 0) is 162 Å². The highest BCUT2D eigenvalue weighted by Gasteiger charge is 2.41. The maximum atomic E-state index is 13.0. The first-order chi connectivity index (χ1) is 46.2. The van der Waals surface area contributed by atoms with Crippen molar-refractivity contribution in [2.75, 3.05) is 69.7 Å². The highest BCUT2D eigenvalue weighted by Crippen LogP contribution is 2.53. The molecular weight excluding hydrogens is 1410 g/mol. The van der Waals surface area contributed by atoms with Gasteiger partial charge in [-0.3, -0.25) is 24.3 Å². The number of benzene rings is 5. The zero-order valence-electron chi connectivity index (χ0n) is 57.6. The van der Waals surface area contributed by atoms with E-state index in [9.17, 15) is 29.1 Å². The van der Waals surface area contributed by atoms with Crippen LogP contribution in [0.15, 0.2) is 76.1 Å². The summed E-state index contributed by atoms with van der Waals surface area (Å²) in [5.41, 5.74) is 11.7. The SMILES string of the molecule is CC(=O)Oc1cc2c(c3c(C)csc13)[C@@H](CCl)CN2.CC(=O)Oc1cc2c(c3c(C)csc13)[C@@H](CCl)CN2C(=O)OC(C)(C)C.Cc1csc2c(O)cc3c(c12)[C@@H](CCl)CN3C(=O)OC(C)(C)C.Cc1csc2c(OCc3ccccc3)cc3c(c12)[C@@H](CCl)CN3C(=O)OC(C)(C)C. The van der Waals surface area contributed by atoms with Gasteiger partial charge < -0.3 is 38.8 Å². The van der Waals surface area contributed by atoms with E-state index in [1.807, 2.05) is 129 Å². The Bertz CT molecular complexity index is 4530. The van der Waals surface area contributed by atoms with Crippen LogP contribution in [0.5, 0.6) is 23.0 Å². The predicted octanol–water partition coefficient (Wildman–Crippen LogP) is 21.0. The standard InChI is InChI=1S/C24H26ClNO3S.C19H22ClNO4S.C17H20ClNO3S.C14H14ClNO2S/c1-15-14-30-22-19(28-13-16-8-6-5-7-9-16)10-18-21(20(15)22)17(11-25)12-26(18)23(27)29-24(2,3)4;1-10-9-26-17-14(24-11(2)22)6-13-16(15(10)17)12(7-20)8-21(13)18(23)25-19(3,4)5;1-9-8-23-15-12(20)5-11-14(13(9)15)10(6-18)7-19(11)16(21)22-17(2,3)4;1-7-6-19-14-11(18-8(2)17)3-10-13(12(7)14)9(4-15)5-16-10/h5-10,14,17H,11-13H2,1-4H3;6,9,12H,7-8H2,1-5H3;5,8,10,20H,6-7H2,1-4H3;3,6,9,16H,4-5H2,1-2H3/t17-;12-;10-;9-/m0000/s1. The molecule has 0 aliphatic carbocycles. The number of thiophene rings is 4. The molecule has 0 unspecified atom stereocenters. The molecule has 98 heavy (non-hydrogen) atoms. The van der Waals surface area contributed by atoms with Crippen LogP contribution >= 0.6 is 91.8 Å². The molecule has 2 N–H and O–H groups in total. The predicted molar refractivity (Wildman–Crippen MR) is 404 cm³/mol. The summed E-state index contributed by atoms with van der Waals surface area (Å²) in [7, 11) is 0. The average Bonchev–Trinajstić information content (AvgIpc) is 1.60. The number of phenols is 1. The second-order valence-corrected chi connectivity index (χ2v) is 32.5. The molecule has 0 radical (unpaired) electrons. The molecule has 0 spiro atoms. The highest BCUT2D eigenvalue weighted by molar-refractivity contribution is 7.19. The lowest BCUT2D eigenvalue weighted by Gasteiger charge is -2.25. The van der Waals surface area contributed by atoms with Crippen molar-refractivity contribution in [1.82, 2.24) is 0 Å². The quantitative estimate of drug-likeness (QED) is 0.0603. The van der Waals surface area contributed by atoms with E-state index >= 15 is 0 Å². The van der Waals surface area contributed by atoms with Crippen molar-refractivity contribution in [1.29, 1.82) is 0 Å². The number of anilines is 4. The first kappa shape index (κ1) is 74.0. The number of hydrogen-bond acceptors (Lipinski definition) is 17. The van der Waals surface area contributed by atoms with Crippen molar-refractivity contribution >= 4 is 185 Å². The molecule has 4 aliphatic rings.